The van der Waals surface area contributed by atoms with E-state index < -0.39 is 10.0 Å². The van der Waals surface area contributed by atoms with Crippen molar-refractivity contribution in [2.45, 2.75) is 18.4 Å². The highest BCUT2D eigenvalue weighted by Gasteiger charge is 2.31. The molecule has 0 fully saturated rings. The van der Waals surface area contributed by atoms with E-state index in [2.05, 4.69) is 10.3 Å². The first-order valence-electron chi connectivity index (χ1n) is 6.30. The van der Waals surface area contributed by atoms with Gasteiger partial charge in [0.15, 0.2) is 15.8 Å². The Morgan fingerprint density at radius 2 is 2.25 bits per heavy atom. The maximum absolute atomic E-state index is 12.8. The molecule has 0 atom stereocenters. The van der Waals surface area contributed by atoms with Crippen LogP contribution in [-0.2, 0) is 10.0 Å². The van der Waals surface area contributed by atoms with Crippen molar-refractivity contribution in [1.82, 2.24) is 13.7 Å². The van der Waals surface area contributed by atoms with Crippen LogP contribution in [0.3, 0.4) is 0 Å². The van der Waals surface area contributed by atoms with Crippen molar-refractivity contribution in [1.29, 1.82) is 0 Å². The predicted octanol–water partition coefficient (Wildman–Crippen LogP) is 0.831. The number of nitrogens with zero attached hydrogens (tertiary/aromatic N) is 3. The monoisotopic (exact) mass is 318 g/mol. The highest BCUT2D eigenvalue weighted by molar-refractivity contribution is 7.89. The van der Waals surface area contributed by atoms with E-state index in [-0.39, 0.29) is 18.2 Å². The number of thiazole rings is 1. The Morgan fingerprint density at radius 3 is 2.85 bits per heavy atom. The van der Waals surface area contributed by atoms with Gasteiger partial charge in [0, 0.05) is 31.7 Å². The fraction of sp³-hybridized carbons (Fsp3) is 0.545. The minimum atomic E-state index is -3.70. The van der Waals surface area contributed by atoms with Crippen molar-refractivity contribution in [2.75, 3.05) is 32.1 Å². The number of nitrogens with one attached hydrogen (secondary N) is 1. The van der Waals surface area contributed by atoms with Crippen LogP contribution in [0.2, 0.25) is 0 Å². The van der Waals surface area contributed by atoms with Gasteiger partial charge >= 0.3 is 0 Å². The molecule has 7 nitrogen and oxygen atoms in total. The fourth-order valence-corrected chi connectivity index (χ4v) is 4.56. The summed E-state index contributed by atoms with van der Waals surface area (Å²) in [4.78, 5) is 4.88. The minimum Gasteiger partial charge on any atom is -0.395 e. The summed E-state index contributed by atoms with van der Waals surface area (Å²) in [5.41, 5.74) is 0. The molecule has 0 radical (unpaired) electrons. The molecule has 0 aromatic carbocycles. The Morgan fingerprint density at radius 1 is 1.50 bits per heavy atom. The number of rotatable bonds is 7. The molecule has 0 amide bonds. The van der Waals surface area contributed by atoms with Crippen LogP contribution in [0, 0.1) is 0 Å². The molecule has 0 saturated carbocycles. The Bertz CT molecular complexity index is 671. The first-order valence-corrected chi connectivity index (χ1v) is 8.62. The third-order valence-corrected chi connectivity index (χ3v) is 5.54. The van der Waals surface area contributed by atoms with Gasteiger partial charge in [-0.3, -0.25) is 4.40 Å². The third kappa shape index (κ3) is 2.53. The van der Waals surface area contributed by atoms with E-state index in [0.717, 1.165) is 0 Å². The van der Waals surface area contributed by atoms with E-state index in [1.165, 1.54) is 15.6 Å². The molecule has 2 aromatic rings. The van der Waals surface area contributed by atoms with Gasteiger partial charge in [-0.05, 0) is 6.42 Å². The summed E-state index contributed by atoms with van der Waals surface area (Å²) in [5, 5.41) is 13.8. The SMILES string of the molecule is CCCN(CCO)S(=O)(=O)c1c(NC)nc2sccn12. The normalized spacial score (nSPS) is 12.4. The van der Waals surface area contributed by atoms with E-state index in [1.807, 2.05) is 6.92 Å². The molecule has 0 bridgehead atoms. The largest absolute Gasteiger partial charge is 0.395 e. The lowest BCUT2D eigenvalue weighted by Crippen LogP contribution is -2.35. The Labute approximate surface area is 121 Å². The minimum absolute atomic E-state index is 0.0801. The highest BCUT2D eigenvalue weighted by atomic mass is 32.2. The van der Waals surface area contributed by atoms with Gasteiger partial charge in [0.1, 0.15) is 0 Å². The molecule has 2 heterocycles. The molecule has 112 valence electrons. The lowest BCUT2D eigenvalue weighted by molar-refractivity contribution is 0.253. The number of aliphatic hydroxyl groups is 1. The molecule has 0 aliphatic heterocycles. The van der Waals surface area contributed by atoms with Crippen LogP contribution < -0.4 is 5.32 Å². The molecule has 9 heteroatoms. The zero-order valence-electron chi connectivity index (χ0n) is 11.4. The number of anilines is 1. The molecular formula is C11H18N4O3S2. The fourth-order valence-electron chi connectivity index (χ4n) is 2.01. The molecule has 0 unspecified atom stereocenters. The van der Waals surface area contributed by atoms with Crippen LogP contribution in [-0.4, -0.2) is 54.0 Å². The number of sulfonamides is 1. The van der Waals surface area contributed by atoms with E-state index in [9.17, 15) is 8.42 Å². The summed E-state index contributed by atoms with van der Waals surface area (Å²) >= 11 is 1.37. The van der Waals surface area contributed by atoms with Crippen molar-refractivity contribution in [2.24, 2.45) is 0 Å². The van der Waals surface area contributed by atoms with E-state index in [4.69, 9.17) is 5.11 Å². The van der Waals surface area contributed by atoms with Crippen LogP contribution in [0.5, 0.6) is 0 Å². The molecule has 20 heavy (non-hydrogen) atoms. The van der Waals surface area contributed by atoms with Crippen LogP contribution in [0.1, 0.15) is 13.3 Å². The quantitative estimate of drug-likeness (QED) is 0.789. The van der Waals surface area contributed by atoms with Crippen LogP contribution in [0.4, 0.5) is 5.82 Å². The lowest BCUT2D eigenvalue weighted by atomic mass is 10.5. The molecular weight excluding hydrogens is 300 g/mol. The summed E-state index contributed by atoms with van der Waals surface area (Å²) in [6.45, 7) is 2.13. The Hall–Kier alpha value is -1.16. The maximum atomic E-state index is 12.8. The van der Waals surface area contributed by atoms with Crippen molar-refractivity contribution >= 4 is 32.1 Å². The Balaban J connectivity index is 2.56. The van der Waals surface area contributed by atoms with Gasteiger partial charge in [-0.25, -0.2) is 13.4 Å². The summed E-state index contributed by atoms with van der Waals surface area (Å²) in [6, 6.07) is 0. The highest BCUT2D eigenvalue weighted by Crippen LogP contribution is 2.27. The second-order valence-corrected chi connectivity index (χ2v) is 6.93. The van der Waals surface area contributed by atoms with Crippen molar-refractivity contribution < 1.29 is 13.5 Å². The zero-order valence-corrected chi connectivity index (χ0v) is 13.0. The zero-order chi connectivity index (χ0) is 14.8. The second-order valence-electron chi connectivity index (χ2n) is 4.20. The average Bonchev–Trinajstić information content (AvgIpc) is 2.97. The van der Waals surface area contributed by atoms with E-state index >= 15 is 0 Å². The standard InChI is InChI=1S/C11H18N4O3S2/c1-3-4-14(5-7-16)20(17,18)10-9(12-2)13-11-15(10)6-8-19-11/h6,8,12,16H,3-5,7H2,1-2H3. The van der Waals surface area contributed by atoms with Crippen LogP contribution in [0.15, 0.2) is 16.6 Å². The molecule has 0 saturated heterocycles. The van der Waals surface area contributed by atoms with E-state index in [1.54, 1.807) is 23.0 Å². The first kappa shape index (κ1) is 15.2. The van der Waals surface area contributed by atoms with Crippen molar-refractivity contribution in [3.63, 3.8) is 0 Å². The van der Waals surface area contributed by atoms with Gasteiger partial charge in [0.05, 0.1) is 6.61 Å². The number of hydrogen-bond donors (Lipinski definition) is 2. The average molecular weight is 318 g/mol. The molecule has 0 spiro atoms. The number of aliphatic hydroxyl groups excluding tert-OH is 1. The van der Waals surface area contributed by atoms with Gasteiger partial charge in [0.25, 0.3) is 10.0 Å². The molecule has 0 aliphatic rings. The molecule has 2 rings (SSSR count). The van der Waals surface area contributed by atoms with Gasteiger partial charge in [0.2, 0.25) is 0 Å². The first-order chi connectivity index (χ1) is 9.56. The molecule has 0 aliphatic carbocycles. The predicted molar refractivity (Wildman–Crippen MR) is 78.8 cm³/mol. The third-order valence-electron chi connectivity index (χ3n) is 2.86. The smallest absolute Gasteiger partial charge is 0.262 e. The summed E-state index contributed by atoms with van der Waals surface area (Å²) in [7, 11) is -2.06. The Kier molecular flexibility index (Phi) is 4.63. The maximum Gasteiger partial charge on any atom is 0.262 e. The van der Waals surface area contributed by atoms with Gasteiger partial charge < -0.3 is 10.4 Å². The van der Waals surface area contributed by atoms with Crippen molar-refractivity contribution in [3.05, 3.63) is 11.6 Å². The van der Waals surface area contributed by atoms with Gasteiger partial charge in [-0.15, -0.1) is 11.3 Å². The van der Waals surface area contributed by atoms with Crippen LogP contribution >= 0.6 is 11.3 Å². The van der Waals surface area contributed by atoms with Crippen molar-refractivity contribution in [3.8, 4) is 0 Å². The summed E-state index contributed by atoms with van der Waals surface area (Å²) in [6.07, 6.45) is 2.36. The number of hydrogen-bond acceptors (Lipinski definition) is 6. The summed E-state index contributed by atoms with van der Waals surface area (Å²) in [5.74, 6) is 0.330. The second kappa shape index (κ2) is 6.08. The van der Waals surface area contributed by atoms with Gasteiger partial charge in [-0.2, -0.15) is 4.31 Å². The summed E-state index contributed by atoms with van der Waals surface area (Å²) < 4.78 is 28.4. The van der Waals surface area contributed by atoms with E-state index in [0.29, 0.717) is 23.7 Å². The number of imidazole rings is 1. The van der Waals surface area contributed by atoms with Crippen LogP contribution in [0.25, 0.3) is 4.96 Å². The number of fused-ring (bicyclic) bond motifs is 1. The number of aromatic nitrogens is 2. The topological polar surface area (TPSA) is 86.9 Å². The molecule has 2 N–H and O–H groups in total. The molecule has 2 aromatic heterocycles. The van der Waals surface area contributed by atoms with Gasteiger partial charge in [-0.1, -0.05) is 6.92 Å². The lowest BCUT2D eigenvalue weighted by Gasteiger charge is -2.20.